The topological polar surface area (TPSA) is 96.0 Å². The second-order valence-electron chi connectivity index (χ2n) is 6.60. The van der Waals surface area contributed by atoms with Crippen LogP contribution in [0.25, 0.3) is 0 Å². The lowest BCUT2D eigenvalue weighted by Gasteiger charge is -2.15. The van der Waals surface area contributed by atoms with E-state index in [4.69, 9.17) is 0 Å². The molecule has 0 amide bonds. The van der Waals surface area contributed by atoms with Gasteiger partial charge in [-0.2, -0.15) is 4.98 Å². The molecular formula is C20H22BrN5O2S. The number of hydrogen-bond donors (Lipinski definition) is 3. The van der Waals surface area contributed by atoms with E-state index in [1.54, 1.807) is 24.4 Å². The van der Waals surface area contributed by atoms with Crippen LogP contribution in [0.3, 0.4) is 0 Å². The van der Waals surface area contributed by atoms with Crippen molar-refractivity contribution >= 4 is 49.1 Å². The van der Waals surface area contributed by atoms with Crippen LogP contribution in [0, 0.1) is 20.8 Å². The van der Waals surface area contributed by atoms with Gasteiger partial charge in [-0.3, -0.25) is 0 Å². The van der Waals surface area contributed by atoms with E-state index in [0.717, 1.165) is 16.8 Å². The van der Waals surface area contributed by atoms with Crippen molar-refractivity contribution in [2.45, 2.75) is 25.7 Å². The van der Waals surface area contributed by atoms with Crippen LogP contribution in [0.15, 0.2) is 52.0 Å². The molecule has 1 aromatic heterocycles. The molecule has 3 rings (SSSR count). The van der Waals surface area contributed by atoms with E-state index < -0.39 is 10.0 Å². The number of hydrogen-bond acceptors (Lipinski definition) is 6. The van der Waals surface area contributed by atoms with E-state index in [-0.39, 0.29) is 4.90 Å². The molecule has 1 heterocycles. The van der Waals surface area contributed by atoms with Crippen LogP contribution in [0.2, 0.25) is 0 Å². The second kappa shape index (κ2) is 8.48. The number of benzene rings is 2. The van der Waals surface area contributed by atoms with E-state index in [2.05, 4.69) is 54.2 Å². The van der Waals surface area contributed by atoms with Crippen molar-refractivity contribution in [3.05, 3.63) is 63.8 Å². The number of halogens is 1. The highest BCUT2D eigenvalue weighted by Crippen LogP contribution is 2.30. The zero-order chi connectivity index (χ0) is 21.2. The van der Waals surface area contributed by atoms with Crippen LogP contribution < -0.4 is 15.4 Å². The maximum absolute atomic E-state index is 12.3. The highest BCUT2D eigenvalue weighted by Gasteiger charge is 2.17. The predicted octanol–water partition coefficient (Wildman–Crippen LogP) is 4.56. The summed E-state index contributed by atoms with van der Waals surface area (Å²) in [7, 11) is -2.25. The van der Waals surface area contributed by atoms with Gasteiger partial charge in [0, 0.05) is 11.9 Å². The van der Waals surface area contributed by atoms with Gasteiger partial charge in [-0.1, -0.05) is 18.2 Å². The van der Waals surface area contributed by atoms with Gasteiger partial charge in [0.2, 0.25) is 16.0 Å². The lowest BCUT2D eigenvalue weighted by molar-refractivity contribution is 0.588. The summed E-state index contributed by atoms with van der Waals surface area (Å²) in [6.45, 7) is 6.13. The van der Waals surface area contributed by atoms with Crippen LogP contribution in [-0.2, 0) is 10.0 Å². The summed E-state index contributed by atoms with van der Waals surface area (Å²) in [6.07, 6.45) is 1.62. The molecule has 0 saturated heterocycles. The normalized spacial score (nSPS) is 11.3. The summed E-state index contributed by atoms with van der Waals surface area (Å²) in [5, 5.41) is 6.34. The Balaban J connectivity index is 1.96. The van der Waals surface area contributed by atoms with E-state index >= 15 is 0 Å². The Hall–Kier alpha value is -2.49. The fourth-order valence-electron chi connectivity index (χ4n) is 2.85. The fraction of sp³-hybridized carbons (Fsp3) is 0.200. The zero-order valence-corrected chi connectivity index (χ0v) is 18.9. The summed E-state index contributed by atoms with van der Waals surface area (Å²) in [5.74, 6) is 0.848. The third kappa shape index (κ3) is 4.75. The first-order chi connectivity index (χ1) is 13.7. The standard InChI is InChI=1S/C20H22BrN5O2S/c1-12-9-13(2)14(3)17(10-12)25-20-23-11-15(21)19(26-20)24-16-7-5-6-8-18(16)29(27,28)22-4/h5-11,22H,1-4H3,(H2,23,24,25,26). The molecule has 0 bridgehead atoms. The van der Waals surface area contributed by atoms with E-state index in [0.29, 0.717) is 21.9 Å². The molecule has 29 heavy (non-hydrogen) atoms. The minimum absolute atomic E-state index is 0.132. The van der Waals surface area contributed by atoms with Crippen LogP contribution in [0.4, 0.5) is 23.1 Å². The SMILES string of the molecule is CNS(=O)(=O)c1ccccc1Nc1nc(Nc2cc(C)cc(C)c2C)ncc1Br. The summed E-state index contributed by atoms with van der Waals surface area (Å²) in [4.78, 5) is 8.97. The lowest BCUT2D eigenvalue weighted by atomic mass is 10.0. The van der Waals surface area contributed by atoms with Gasteiger partial charge >= 0.3 is 0 Å². The smallest absolute Gasteiger partial charge is 0.242 e. The molecule has 0 unspecified atom stereocenters. The number of aryl methyl sites for hydroxylation is 2. The molecule has 7 nitrogen and oxygen atoms in total. The summed E-state index contributed by atoms with van der Waals surface area (Å²) < 4.78 is 27.5. The maximum Gasteiger partial charge on any atom is 0.242 e. The quantitative estimate of drug-likeness (QED) is 0.483. The number of rotatable bonds is 6. The van der Waals surface area contributed by atoms with Crippen LogP contribution in [-0.4, -0.2) is 25.4 Å². The van der Waals surface area contributed by atoms with Gasteiger partial charge < -0.3 is 10.6 Å². The van der Waals surface area contributed by atoms with Crippen molar-refractivity contribution in [1.29, 1.82) is 0 Å². The van der Waals surface area contributed by atoms with Crippen LogP contribution in [0.1, 0.15) is 16.7 Å². The zero-order valence-electron chi connectivity index (χ0n) is 16.5. The molecule has 0 fully saturated rings. The molecule has 3 N–H and O–H groups in total. The van der Waals surface area contributed by atoms with Crippen molar-refractivity contribution in [2.24, 2.45) is 0 Å². The van der Waals surface area contributed by atoms with Crippen molar-refractivity contribution in [3.63, 3.8) is 0 Å². The van der Waals surface area contributed by atoms with E-state index in [1.807, 2.05) is 19.9 Å². The first-order valence-corrected chi connectivity index (χ1v) is 11.2. The van der Waals surface area contributed by atoms with E-state index in [1.165, 1.54) is 18.7 Å². The average molecular weight is 476 g/mol. The monoisotopic (exact) mass is 475 g/mol. The van der Waals surface area contributed by atoms with Crippen molar-refractivity contribution in [3.8, 4) is 0 Å². The van der Waals surface area contributed by atoms with Gasteiger partial charge in [0.1, 0.15) is 10.7 Å². The Kier molecular flexibility index (Phi) is 6.21. The first kappa shape index (κ1) is 21.2. The van der Waals surface area contributed by atoms with Crippen molar-refractivity contribution in [2.75, 3.05) is 17.7 Å². The summed E-state index contributed by atoms with van der Waals surface area (Å²) in [6, 6.07) is 10.8. The Morgan fingerprint density at radius 2 is 1.72 bits per heavy atom. The fourth-order valence-corrected chi connectivity index (χ4v) is 4.02. The Labute approximate surface area is 179 Å². The molecule has 0 aliphatic heterocycles. The van der Waals surface area contributed by atoms with E-state index in [9.17, 15) is 8.42 Å². The first-order valence-electron chi connectivity index (χ1n) is 8.88. The highest BCUT2D eigenvalue weighted by atomic mass is 79.9. The lowest BCUT2D eigenvalue weighted by Crippen LogP contribution is -2.19. The van der Waals surface area contributed by atoms with Crippen molar-refractivity contribution < 1.29 is 8.42 Å². The molecule has 0 aliphatic carbocycles. The molecule has 0 radical (unpaired) electrons. The molecule has 0 saturated carbocycles. The molecule has 9 heteroatoms. The van der Waals surface area contributed by atoms with Gasteiger partial charge in [0.05, 0.1) is 10.2 Å². The molecule has 2 aromatic carbocycles. The van der Waals surface area contributed by atoms with Crippen molar-refractivity contribution in [1.82, 2.24) is 14.7 Å². The molecule has 0 spiro atoms. The average Bonchev–Trinajstić information content (AvgIpc) is 2.68. The van der Waals surface area contributed by atoms with Gasteiger partial charge in [-0.15, -0.1) is 0 Å². The number of anilines is 4. The molecule has 152 valence electrons. The molecule has 0 atom stereocenters. The van der Waals surface area contributed by atoms with Gasteiger partial charge in [-0.25, -0.2) is 18.1 Å². The summed E-state index contributed by atoms with van der Waals surface area (Å²) in [5.41, 5.74) is 4.76. The van der Waals surface area contributed by atoms with Crippen LogP contribution in [0.5, 0.6) is 0 Å². The van der Waals surface area contributed by atoms with Gasteiger partial charge in [0.25, 0.3) is 0 Å². The largest absolute Gasteiger partial charge is 0.338 e. The number of aromatic nitrogens is 2. The maximum atomic E-state index is 12.3. The Bertz CT molecular complexity index is 1170. The van der Waals surface area contributed by atoms with Crippen LogP contribution >= 0.6 is 15.9 Å². The third-order valence-corrected chi connectivity index (χ3v) is 6.55. The molecular weight excluding hydrogens is 454 g/mol. The Morgan fingerprint density at radius 1 is 1.00 bits per heavy atom. The number of nitrogens with one attached hydrogen (secondary N) is 3. The third-order valence-electron chi connectivity index (χ3n) is 4.50. The molecule has 3 aromatic rings. The minimum Gasteiger partial charge on any atom is -0.338 e. The Morgan fingerprint density at radius 3 is 2.45 bits per heavy atom. The highest BCUT2D eigenvalue weighted by molar-refractivity contribution is 9.10. The minimum atomic E-state index is -3.62. The predicted molar refractivity (Wildman–Crippen MR) is 120 cm³/mol. The summed E-state index contributed by atoms with van der Waals surface area (Å²) >= 11 is 3.42. The molecule has 0 aliphatic rings. The van der Waals surface area contributed by atoms with Gasteiger partial charge in [0.15, 0.2) is 0 Å². The number of nitrogens with zero attached hydrogens (tertiary/aromatic N) is 2. The number of sulfonamides is 1. The van der Waals surface area contributed by atoms with Gasteiger partial charge in [-0.05, 0) is 78.6 Å². The second-order valence-corrected chi connectivity index (χ2v) is 9.31. The number of para-hydroxylation sites is 1.